The average Bonchev–Trinajstić information content (AvgIpc) is 2.91. The Morgan fingerprint density at radius 2 is 1.51 bits per heavy atom. The number of para-hydroxylation sites is 4. The van der Waals surface area contributed by atoms with E-state index in [0.29, 0.717) is 0 Å². The van der Waals surface area contributed by atoms with Gasteiger partial charge in [-0.15, -0.1) is 0 Å². The molecule has 0 aromatic heterocycles. The molecular formula is C30H31N5. The van der Waals surface area contributed by atoms with E-state index in [2.05, 4.69) is 95.4 Å². The number of fused-ring (bicyclic) bond motifs is 2. The molecular weight excluding hydrogens is 430 g/mol. The van der Waals surface area contributed by atoms with Gasteiger partial charge in [0.05, 0.1) is 40.0 Å². The van der Waals surface area contributed by atoms with E-state index in [1.54, 1.807) is 0 Å². The normalized spacial score (nSPS) is 12.0. The average molecular weight is 462 g/mol. The third kappa shape index (κ3) is 4.96. The molecule has 3 aromatic rings. The molecule has 5 heteroatoms. The molecule has 0 unspecified atom stereocenters. The molecule has 3 aromatic carbocycles. The number of likely N-dealkylation sites (N-methyl/N-ethyl adjacent to an activating group) is 1. The third-order valence-corrected chi connectivity index (χ3v) is 6.36. The Morgan fingerprint density at radius 3 is 2.26 bits per heavy atom. The van der Waals surface area contributed by atoms with Crippen LogP contribution >= 0.6 is 0 Å². The zero-order valence-electron chi connectivity index (χ0n) is 20.4. The quantitative estimate of drug-likeness (QED) is 0.283. The van der Waals surface area contributed by atoms with Crippen LogP contribution < -0.4 is 10.7 Å². The van der Waals surface area contributed by atoms with Crippen LogP contribution in [0, 0.1) is 0 Å². The number of nitrogens with one attached hydrogen (secondary N) is 1. The maximum absolute atomic E-state index is 5.06. The molecule has 176 valence electrons. The zero-order valence-corrected chi connectivity index (χ0v) is 20.4. The van der Waals surface area contributed by atoms with E-state index in [-0.39, 0.29) is 0 Å². The minimum absolute atomic E-state index is 0.739. The molecule has 5 rings (SSSR count). The van der Waals surface area contributed by atoms with Crippen molar-refractivity contribution in [3.8, 4) is 17.1 Å². The van der Waals surface area contributed by atoms with Crippen LogP contribution in [0.25, 0.3) is 28.1 Å². The molecule has 1 heterocycles. The first-order valence-corrected chi connectivity index (χ1v) is 12.3. The van der Waals surface area contributed by atoms with Crippen molar-refractivity contribution in [2.75, 3.05) is 31.5 Å². The minimum atomic E-state index is 0.739. The molecule has 2 aliphatic rings. The lowest BCUT2D eigenvalue weighted by atomic mass is 10.1. The summed E-state index contributed by atoms with van der Waals surface area (Å²) < 4.78 is 2.29. The van der Waals surface area contributed by atoms with Crippen molar-refractivity contribution in [2.24, 2.45) is 4.99 Å². The lowest BCUT2D eigenvalue weighted by molar-refractivity contribution is 0.312. The van der Waals surface area contributed by atoms with E-state index in [1.165, 1.54) is 0 Å². The van der Waals surface area contributed by atoms with Gasteiger partial charge in [-0.1, -0.05) is 62.4 Å². The van der Waals surface area contributed by atoms with Crippen LogP contribution in [0.1, 0.15) is 13.8 Å². The molecule has 0 amide bonds. The first-order valence-electron chi connectivity index (χ1n) is 12.3. The first-order chi connectivity index (χ1) is 17.3. The number of rotatable bonds is 8. The standard InChI is InChI=1S/C30H31N5/c1-3-34(4-2)20-19-31-26-22-30-28(21-27(26)32-23-13-7-5-8-14-23)33-25-17-11-12-18-29(25)35(30)24-15-9-6-10-16-24/h5-18,21-22,32H,3-4,19-20H2,1-2H3. The fourth-order valence-electron chi connectivity index (χ4n) is 4.46. The van der Waals surface area contributed by atoms with Gasteiger partial charge < -0.3 is 14.8 Å². The van der Waals surface area contributed by atoms with Crippen molar-refractivity contribution >= 4 is 22.4 Å². The summed E-state index contributed by atoms with van der Waals surface area (Å²) in [7, 11) is 0. The molecule has 0 saturated heterocycles. The molecule has 35 heavy (non-hydrogen) atoms. The van der Waals surface area contributed by atoms with Crippen molar-refractivity contribution in [3.63, 3.8) is 0 Å². The minimum Gasteiger partial charge on any atom is -0.354 e. The summed E-state index contributed by atoms with van der Waals surface area (Å²) in [4.78, 5) is 12.5. The van der Waals surface area contributed by atoms with Crippen LogP contribution in [0.15, 0.2) is 102 Å². The molecule has 0 fully saturated rings. The summed E-state index contributed by atoms with van der Waals surface area (Å²) in [5.74, 6) is 0. The Morgan fingerprint density at radius 1 is 0.829 bits per heavy atom. The van der Waals surface area contributed by atoms with Crippen LogP contribution in [0.5, 0.6) is 0 Å². The van der Waals surface area contributed by atoms with Gasteiger partial charge >= 0.3 is 0 Å². The number of anilines is 2. The number of nitrogens with zero attached hydrogens (tertiary/aromatic N) is 4. The van der Waals surface area contributed by atoms with Gasteiger partial charge in [-0.25, -0.2) is 4.98 Å². The first kappa shape index (κ1) is 22.8. The van der Waals surface area contributed by atoms with Gasteiger partial charge in [0, 0.05) is 17.9 Å². The Kier molecular flexibility index (Phi) is 6.87. The number of hydrogen-bond donors (Lipinski definition) is 1. The lowest BCUT2D eigenvalue weighted by Crippen LogP contribution is -2.26. The molecule has 0 radical (unpaired) electrons. The van der Waals surface area contributed by atoms with E-state index in [9.17, 15) is 0 Å². The second-order valence-electron chi connectivity index (χ2n) is 8.53. The summed E-state index contributed by atoms with van der Waals surface area (Å²) in [6.45, 7) is 8.13. The highest BCUT2D eigenvalue weighted by Gasteiger charge is 2.16. The summed E-state index contributed by atoms with van der Waals surface area (Å²) in [5, 5.41) is 4.52. The second-order valence-corrected chi connectivity index (χ2v) is 8.53. The Labute approximate surface area is 206 Å². The third-order valence-electron chi connectivity index (χ3n) is 6.36. The maximum atomic E-state index is 5.06. The second kappa shape index (κ2) is 10.5. The molecule has 0 spiro atoms. The van der Waals surface area contributed by atoms with Gasteiger partial charge in [0.25, 0.3) is 0 Å². The van der Waals surface area contributed by atoms with Crippen LogP contribution in [-0.2, 0) is 0 Å². The fraction of sp³-hybridized carbons (Fsp3) is 0.200. The van der Waals surface area contributed by atoms with E-state index in [0.717, 1.165) is 71.0 Å². The predicted octanol–water partition coefficient (Wildman–Crippen LogP) is 6.12. The molecule has 0 saturated carbocycles. The van der Waals surface area contributed by atoms with Crippen molar-refractivity contribution in [1.29, 1.82) is 0 Å². The summed E-state index contributed by atoms with van der Waals surface area (Å²) >= 11 is 0. The summed E-state index contributed by atoms with van der Waals surface area (Å²) in [6, 6.07) is 33.3. The zero-order chi connectivity index (χ0) is 24.0. The van der Waals surface area contributed by atoms with Gasteiger partial charge in [0.1, 0.15) is 0 Å². The molecule has 0 atom stereocenters. The van der Waals surface area contributed by atoms with Crippen molar-refractivity contribution in [3.05, 3.63) is 102 Å². The van der Waals surface area contributed by atoms with E-state index in [4.69, 9.17) is 9.98 Å². The van der Waals surface area contributed by atoms with E-state index >= 15 is 0 Å². The Bertz CT molecular complexity index is 1440. The number of hydrogen-bond acceptors (Lipinski definition) is 4. The predicted molar refractivity (Wildman–Crippen MR) is 146 cm³/mol. The van der Waals surface area contributed by atoms with Crippen molar-refractivity contribution in [2.45, 2.75) is 13.8 Å². The highest BCUT2D eigenvalue weighted by Crippen LogP contribution is 2.30. The van der Waals surface area contributed by atoms with Crippen LogP contribution in [0.3, 0.4) is 0 Å². The van der Waals surface area contributed by atoms with Gasteiger partial charge in [-0.2, -0.15) is 0 Å². The maximum Gasteiger partial charge on any atom is 0.0900 e. The van der Waals surface area contributed by atoms with Gasteiger partial charge in [0.2, 0.25) is 0 Å². The molecule has 0 bridgehead atoms. The molecule has 5 nitrogen and oxygen atoms in total. The van der Waals surface area contributed by atoms with Gasteiger partial charge in [-0.3, -0.25) is 4.99 Å². The molecule has 1 aliphatic carbocycles. The van der Waals surface area contributed by atoms with Crippen LogP contribution in [0.4, 0.5) is 11.4 Å². The van der Waals surface area contributed by atoms with E-state index < -0.39 is 0 Å². The molecule has 1 N–H and O–H groups in total. The Balaban J connectivity index is 1.72. The van der Waals surface area contributed by atoms with E-state index in [1.807, 2.05) is 30.3 Å². The van der Waals surface area contributed by atoms with Crippen LogP contribution in [0.2, 0.25) is 0 Å². The topological polar surface area (TPSA) is 45.5 Å². The fourth-order valence-corrected chi connectivity index (χ4v) is 4.46. The number of benzene rings is 4. The van der Waals surface area contributed by atoms with Crippen molar-refractivity contribution in [1.82, 2.24) is 14.5 Å². The Hall–Kier alpha value is -3.96. The summed E-state index contributed by atoms with van der Waals surface area (Å²) in [6.07, 6.45) is 0. The monoisotopic (exact) mass is 461 g/mol. The SMILES string of the molecule is CCN(CC)CCN=c1cc2n(-c3ccccc3)c3ccccc3nc-2cc1Nc1ccccc1. The largest absolute Gasteiger partial charge is 0.354 e. The van der Waals surface area contributed by atoms with Crippen LogP contribution in [-0.4, -0.2) is 40.6 Å². The van der Waals surface area contributed by atoms with Gasteiger partial charge in [0.15, 0.2) is 0 Å². The highest BCUT2D eigenvalue weighted by atomic mass is 15.1. The lowest BCUT2D eigenvalue weighted by Gasteiger charge is -2.20. The van der Waals surface area contributed by atoms with Gasteiger partial charge in [-0.05, 0) is 61.6 Å². The number of aromatic nitrogens is 2. The molecule has 1 aliphatic heterocycles. The van der Waals surface area contributed by atoms with Crippen molar-refractivity contribution < 1.29 is 0 Å². The smallest absolute Gasteiger partial charge is 0.0900 e. The highest BCUT2D eigenvalue weighted by molar-refractivity contribution is 5.84. The summed E-state index contributed by atoms with van der Waals surface area (Å²) in [5.41, 5.74) is 7.09.